The summed E-state index contributed by atoms with van der Waals surface area (Å²) in [5, 5.41) is 2.74. The van der Waals surface area contributed by atoms with Crippen molar-refractivity contribution in [1.82, 2.24) is 9.97 Å². The molecule has 2 aromatic rings. The summed E-state index contributed by atoms with van der Waals surface area (Å²) >= 11 is 3.33. The Kier molecular flexibility index (Phi) is 2.82. The van der Waals surface area contributed by atoms with Crippen LogP contribution in [0.3, 0.4) is 0 Å². The van der Waals surface area contributed by atoms with Crippen LogP contribution in [0.2, 0.25) is 0 Å². The number of benzene rings is 1. The van der Waals surface area contributed by atoms with Gasteiger partial charge < -0.3 is 15.3 Å². The summed E-state index contributed by atoms with van der Waals surface area (Å²) in [6.45, 7) is 1.78. The van der Waals surface area contributed by atoms with E-state index in [1.165, 1.54) is 0 Å². The molecule has 1 heterocycles. The highest BCUT2D eigenvalue weighted by molar-refractivity contribution is 9.10. The first kappa shape index (κ1) is 10.9. The largest absolute Gasteiger partial charge is 0.325 e. The summed E-state index contributed by atoms with van der Waals surface area (Å²) in [5.41, 5.74) is 1.75. The normalized spacial score (nSPS) is 10.6. The van der Waals surface area contributed by atoms with Gasteiger partial charge in [-0.25, -0.2) is 4.79 Å². The fourth-order valence-electron chi connectivity index (χ4n) is 1.39. The van der Waals surface area contributed by atoms with Gasteiger partial charge in [-0.2, -0.15) is 0 Å². The second-order valence-corrected chi connectivity index (χ2v) is 4.21. The van der Waals surface area contributed by atoms with E-state index in [9.17, 15) is 9.59 Å². The highest BCUT2D eigenvalue weighted by Crippen LogP contribution is 2.26. The number of hydrogen-bond acceptors (Lipinski definition) is 2. The molecule has 1 amide bonds. The molecule has 2 rings (SSSR count). The standard InChI is InChI=1S/C10H10BrN3O2/c1-2-9(15)12-6-4-8-7(3-5(6)11)13-10(16)14-8/h3-4H,2H2,1H3,(H,12,15)(H2,13,14,16). The molecule has 5 nitrogen and oxygen atoms in total. The lowest BCUT2D eigenvalue weighted by molar-refractivity contribution is -0.115. The Hall–Kier alpha value is -1.56. The zero-order valence-corrected chi connectivity index (χ0v) is 10.1. The summed E-state index contributed by atoms with van der Waals surface area (Å²) in [6.07, 6.45) is 0.411. The molecule has 0 fully saturated rings. The Morgan fingerprint density at radius 2 is 2.00 bits per heavy atom. The third kappa shape index (κ3) is 2.01. The molecular weight excluding hydrogens is 274 g/mol. The molecule has 3 N–H and O–H groups in total. The van der Waals surface area contributed by atoms with Crippen molar-refractivity contribution in [3.8, 4) is 0 Å². The lowest BCUT2D eigenvalue weighted by Crippen LogP contribution is -2.09. The number of H-pyrrole nitrogens is 2. The predicted molar refractivity (Wildman–Crippen MR) is 65.5 cm³/mol. The lowest BCUT2D eigenvalue weighted by Gasteiger charge is -2.05. The van der Waals surface area contributed by atoms with Crippen molar-refractivity contribution in [1.29, 1.82) is 0 Å². The fourth-order valence-corrected chi connectivity index (χ4v) is 1.83. The molecule has 0 saturated carbocycles. The van der Waals surface area contributed by atoms with E-state index in [0.29, 0.717) is 23.1 Å². The minimum absolute atomic E-state index is 0.0714. The van der Waals surface area contributed by atoms with Crippen LogP contribution in [-0.2, 0) is 4.79 Å². The first-order valence-electron chi connectivity index (χ1n) is 4.81. The van der Waals surface area contributed by atoms with Gasteiger partial charge in [0.05, 0.1) is 16.7 Å². The molecule has 0 aliphatic rings. The Morgan fingerprint density at radius 1 is 1.38 bits per heavy atom. The first-order chi connectivity index (χ1) is 7.60. The van der Waals surface area contributed by atoms with Crippen LogP contribution in [0.15, 0.2) is 21.4 Å². The SMILES string of the molecule is CCC(=O)Nc1cc2[nH]c(=O)[nH]c2cc1Br. The Morgan fingerprint density at radius 3 is 2.62 bits per heavy atom. The third-order valence-corrected chi connectivity index (χ3v) is 2.85. The number of nitrogens with one attached hydrogen (secondary N) is 3. The first-order valence-corrected chi connectivity index (χ1v) is 5.61. The lowest BCUT2D eigenvalue weighted by atomic mass is 10.2. The predicted octanol–water partition coefficient (Wildman–Crippen LogP) is 1.97. The molecule has 0 unspecified atom stereocenters. The maximum Gasteiger partial charge on any atom is 0.323 e. The number of halogens is 1. The van der Waals surface area contributed by atoms with Gasteiger partial charge in [-0.1, -0.05) is 6.92 Å². The summed E-state index contributed by atoms with van der Waals surface area (Å²) < 4.78 is 0.733. The van der Waals surface area contributed by atoms with Gasteiger partial charge in [0.1, 0.15) is 0 Å². The van der Waals surface area contributed by atoms with Crippen LogP contribution in [0.25, 0.3) is 11.0 Å². The van der Waals surface area contributed by atoms with Crippen molar-refractivity contribution in [2.75, 3.05) is 5.32 Å². The number of aromatic amines is 2. The van der Waals surface area contributed by atoms with Crippen LogP contribution in [-0.4, -0.2) is 15.9 Å². The monoisotopic (exact) mass is 283 g/mol. The Balaban J connectivity index is 2.49. The average molecular weight is 284 g/mol. The van der Waals surface area contributed by atoms with Crippen molar-refractivity contribution in [3.63, 3.8) is 0 Å². The van der Waals surface area contributed by atoms with Crippen molar-refractivity contribution < 1.29 is 4.79 Å². The van der Waals surface area contributed by atoms with Crippen LogP contribution in [0.5, 0.6) is 0 Å². The van der Waals surface area contributed by atoms with Crippen molar-refractivity contribution in [2.24, 2.45) is 0 Å². The molecule has 0 aliphatic carbocycles. The van der Waals surface area contributed by atoms with Crippen LogP contribution in [0.4, 0.5) is 5.69 Å². The molecule has 84 valence electrons. The minimum Gasteiger partial charge on any atom is -0.325 e. The summed E-state index contributed by atoms with van der Waals surface area (Å²) in [7, 11) is 0. The van der Waals surface area contributed by atoms with Crippen LogP contribution in [0.1, 0.15) is 13.3 Å². The fraction of sp³-hybridized carbons (Fsp3) is 0.200. The molecule has 1 aromatic heterocycles. The molecule has 0 atom stereocenters. The summed E-state index contributed by atoms with van der Waals surface area (Å²) in [6, 6.07) is 3.46. The second-order valence-electron chi connectivity index (χ2n) is 3.36. The Labute approximate surface area is 99.4 Å². The number of aromatic nitrogens is 2. The van der Waals surface area contributed by atoms with E-state index in [4.69, 9.17) is 0 Å². The maximum absolute atomic E-state index is 11.3. The molecule has 0 spiro atoms. The van der Waals surface area contributed by atoms with Gasteiger partial charge >= 0.3 is 5.69 Å². The van der Waals surface area contributed by atoms with Crippen molar-refractivity contribution >= 4 is 38.6 Å². The number of anilines is 1. The summed E-state index contributed by atoms with van der Waals surface area (Å²) in [4.78, 5) is 27.6. The molecule has 0 saturated heterocycles. The average Bonchev–Trinajstić information content (AvgIpc) is 2.58. The van der Waals surface area contributed by atoms with E-state index in [2.05, 4.69) is 31.2 Å². The molecule has 6 heteroatoms. The molecule has 0 aliphatic heterocycles. The van der Waals surface area contributed by atoms with E-state index in [-0.39, 0.29) is 11.6 Å². The van der Waals surface area contributed by atoms with Crippen molar-refractivity contribution in [2.45, 2.75) is 13.3 Å². The van der Waals surface area contributed by atoms with Gasteiger partial charge in [0.15, 0.2) is 0 Å². The number of carbonyl (C=O) groups excluding carboxylic acids is 1. The quantitative estimate of drug-likeness (QED) is 0.788. The van der Waals surface area contributed by atoms with Crippen LogP contribution < -0.4 is 11.0 Å². The third-order valence-electron chi connectivity index (χ3n) is 2.20. The van der Waals surface area contributed by atoms with E-state index < -0.39 is 0 Å². The summed E-state index contributed by atoms with van der Waals surface area (Å²) in [5.74, 6) is -0.0714. The molecule has 1 aromatic carbocycles. The number of fused-ring (bicyclic) bond motifs is 1. The zero-order chi connectivity index (χ0) is 11.7. The Bertz CT molecular complexity index is 600. The number of amides is 1. The molecule has 0 radical (unpaired) electrons. The highest BCUT2D eigenvalue weighted by atomic mass is 79.9. The van der Waals surface area contributed by atoms with Gasteiger partial charge in [-0.15, -0.1) is 0 Å². The van der Waals surface area contributed by atoms with E-state index in [1.54, 1.807) is 19.1 Å². The molecule has 0 bridgehead atoms. The van der Waals surface area contributed by atoms with Gasteiger partial charge in [-0.3, -0.25) is 4.79 Å². The smallest absolute Gasteiger partial charge is 0.323 e. The minimum atomic E-state index is -0.263. The van der Waals surface area contributed by atoms with Crippen LogP contribution in [0, 0.1) is 0 Å². The van der Waals surface area contributed by atoms with Gasteiger partial charge in [-0.05, 0) is 28.1 Å². The van der Waals surface area contributed by atoms with Gasteiger partial charge in [0.25, 0.3) is 0 Å². The van der Waals surface area contributed by atoms with E-state index >= 15 is 0 Å². The topological polar surface area (TPSA) is 77.8 Å². The zero-order valence-electron chi connectivity index (χ0n) is 8.56. The van der Waals surface area contributed by atoms with Crippen LogP contribution >= 0.6 is 15.9 Å². The maximum atomic E-state index is 11.3. The second kappa shape index (κ2) is 4.13. The van der Waals surface area contributed by atoms with E-state index in [0.717, 1.165) is 4.47 Å². The number of hydrogen-bond donors (Lipinski definition) is 3. The van der Waals surface area contributed by atoms with E-state index in [1.807, 2.05) is 0 Å². The number of rotatable bonds is 2. The van der Waals surface area contributed by atoms with Gasteiger partial charge in [0.2, 0.25) is 5.91 Å². The molecule has 16 heavy (non-hydrogen) atoms. The number of carbonyl (C=O) groups is 1. The molecular formula is C10H10BrN3O2. The van der Waals surface area contributed by atoms with Crippen molar-refractivity contribution in [3.05, 3.63) is 27.1 Å². The highest BCUT2D eigenvalue weighted by Gasteiger charge is 2.07. The van der Waals surface area contributed by atoms with Gasteiger partial charge in [0, 0.05) is 10.9 Å². The number of imidazole rings is 1.